The van der Waals surface area contributed by atoms with Gasteiger partial charge in [0.15, 0.2) is 6.10 Å². The van der Waals surface area contributed by atoms with Crippen LogP contribution in [0.2, 0.25) is 0 Å². The van der Waals surface area contributed by atoms with Gasteiger partial charge in [0, 0.05) is 5.39 Å². The van der Waals surface area contributed by atoms with Crippen LogP contribution in [0, 0.1) is 11.3 Å². The molecule has 120 valence electrons. The van der Waals surface area contributed by atoms with Crippen molar-refractivity contribution >= 4 is 16.9 Å². The van der Waals surface area contributed by atoms with Crippen molar-refractivity contribution in [3.63, 3.8) is 0 Å². The van der Waals surface area contributed by atoms with Crippen molar-refractivity contribution in [2.75, 3.05) is 0 Å². The van der Waals surface area contributed by atoms with E-state index in [0.29, 0.717) is 23.6 Å². The molecule has 5 nitrogen and oxygen atoms in total. The molecule has 0 aliphatic rings. The molecule has 0 bridgehead atoms. The highest BCUT2D eigenvalue weighted by Gasteiger charge is 2.15. The van der Waals surface area contributed by atoms with E-state index in [-0.39, 0.29) is 5.91 Å². The van der Waals surface area contributed by atoms with Crippen LogP contribution < -0.4 is 10.1 Å². The lowest BCUT2D eigenvalue weighted by Crippen LogP contribution is -2.35. The van der Waals surface area contributed by atoms with Gasteiger partial charge in [-0.25, -0.2) is 0 Å². The molecule has 1 unspecified atom stereocenters. The van der Waals surface area contributed by atoms with Gasteiger partial charge in [0.25, 0.3) is 5.91 Å². The minimum absolute atomic E-state index is 0.236. The molecule has 3 rings (SSSR count). The zero-order valence-corrected chi connectivity index (χ0v) is 13.2. The molecule has 3 aromatic rings. The zero-order valence-electron chi connectivity index (χ0n) is 13.2. The minimum Gasteiger partial charge on any atom is -0.481 e. The summed E-state index contributed by atoms with van der Waals surface area (Å²) in [5, 5.41) is 12.6. The number of nitriles is 1. The van der Waals surface area contributed by atoms with Gasteiger partial charge < -0.3 is 14.5 Å². The lowest BCUT2D eigenvalue weighted by atomic mass is 10.2. The number of ether oxygens (including phenoxy) is 1. The summed E-state index contributed by atoms with van der Waals surface area (Å²) in [5.74, 6) is 0.996. The normalized spacial score (nSPS) is 11.7. The molecule has 1 amide bonds. The molecule has 1 atom stereocenters. The summed E-state index contributed by atoms with van der Waals surface area (Å²) < 4.78 is 11.2. The maximum absolute atomic E-state index is 12.1. The van der Waals surface area contributed by atoms with E-state index in [9.17, 15) is 4.79 Å². The molecular formula is C19H16N2O3. The largest absolute Gasteiger partial charge is 0.481 e. The van der Waals surface area contributed by atoms with E-state index >= 15 is 0 Å². The molecule has 0 spiro atoms. The molecule has 1 aromatic heterocycles. The Labute approximate surface area is 139 Å². The van der Waals surface area contributed by atoms with E-state index in [0.717, 1.165) is 11.0 Å². The van der Waals surface area contributed by atoms with Crippen molar-refractivity contribution in [1.29, 1.82) is 5.26 Å². The Morgan fingerprint density at radius 3 is 2.71 bits per heavy atom. The number of amides is 1. The van der Waals surface area contributed by atoms with Gasteiger partial charge in [0.05, 0.1) is 18.2 Å². The highest BCUT2D eigenvalue weighted by atomic mass is 16.5. The molecule has 24 heavy (non-hydrogen) atoms. The average Bonchev–Trinajstić information content (AvgIpc) is 3.03. The fourth-order valence-electron chi connectivity index (χ4n) is 2.31. The van der Waals surface area contributed by atoms with Gasteiger partial charge in [0.2, 0.25) is 0 Å². The van der Waals surface area contributed by atoms with Crippen LogP contribution in [-0.4, -0.2) is 12.0 Å². The second-order valence-electron chi connectivity index (χ2n) is 5.36. The highest BCUT2D eigenvalue weighted by Crippen LogP contribution is 2.18. The second kappa shape index (κ2) is 6.88. The summed E-state index contributed by atoms with van der Waals surface area (Å²) in [6.45, 7) is 1.97. The Balaban J connectivity index is 1.56. The molecule has 0 fully saturated rings. The van der Waals surface area contributed by atoms with Gasteiger partial charge >= 0.3 is 0 Å². The molecule has 0 aliphatic carbocycles. The first-order valence-corrected chi connectivity index (χ1v) is 7.58. The standard InChI is InChI=1S/C19H16N2O3/c1-13(23-16-8-6-14(11-20)7-9-16)19(22)21-12-17-10-15-4-2-3-5-18(15)24-17/h2-10,13H,12H2,1H3,(H,21,22). The van der Waals surface area contributed by atoms with Gasteiger partial charge in [0.1, 0.15) is 17.1 Å². The fourth-order valence-corrected chi connectivity index (χ4v) is 2.31. The van der Waals surface area contributed by atoms with Gasteiger partial charge in [-0.1, -0.05) is 18.2 Å². The number of hydrogen-bond donors (Lipinski definition) is 1. The van der Waals surface area contributed by atoms with E-state index in [2.05, 4.69) is 5.32 Å². The van der Waals surface area contributed by atoms with Crippen molar-refractivity contribution in [2.24, 2.45) is 0 Å². The van der Waals surface area contributed by atoms with Crippen LogP contribution in [0.3, 0.4) is 0 Å². The Bertz CT molecular complexity index is 858. The number of nitrogens with zero attached hydrogens (tertiary/aromatic N) is 1. The van der Waals surface area contributed by atoms with E-state index in [1.165, 1.54) is 0 Å². The highest BCUT2D eigenvalue weighted by molar-refractivity contribution is 5.81. The lowest BCUT2D eigenvalue weighted by molar-refractivity contribution is -0.127. The predicted octanol–water partition coefficient (Wildman–Crippen LogP) is 3.39. The number of benzene rings is 2. The number of carbonyl (C=O) groups excluding carboxylic acids is 1. The van der Waals surface area contributed by atoms with Crippen LogP contribution in [0.5, 0.6) is 5.75 Å². The third kappa shape index (κ3) is 3.55. The summed E-state index contributed by atoms with van der Waals surface area (Å²) in [6, 6.07) is 18.3. The van der Waals surface area contributed by atoms with Crippen molar-refractivity contribution in [3.05, 3.63) is 65.9 Å². The summed E-state index contributed by atoms with van der Waals surface area (Å²) >= 11 is 0. The average molecular weight is 320 g/mol. The van der Waals surface area contributed by atoms with Crippen LogP contribution >= 0.6 is 0 Å². The van der Waals surface area contributed by atoms with Crippen molar-refractivity contribution < 1.29 is 13.9 Å². The molecule has 0 radical (unpaired) electrons. The summed E-state index contributed by atoms with van der Waals surface area (Å²) in [7, 11) is 0. The maximum atomic E-state index is 12.1. The second-order valence-corrected chi connectivity index (χ2v) is 5.36. The van der Waals surface area contributed by atoms with E-state index in [1.807, 2.05) is 36.4 Å². The Morgan fingerprint density at radius 2 is 2.00 bits per heavy atom. The quantitative estimate of drug-likeness (QED) is 0.782. The Hall–Kier alpha value is -3.26. The number of fused-ring (bicyclic) bond motifs is 1. The topological polar surface area (TPSA) is 75.3 Å². The molecular weight excluding hydrogens is 304 g/mol. The molecule has 0 saturated carbocycles. The molecule has 1 N–H and O–H groups in total. The molecule has 5 heteroatoms. The number of nitrogens with one attached hydrogen (secondary N) is 1. The van der Waals surface area contributed by atoms with Gasteiger partial charge in [-0.05, 0) is 43.3 Å². The third-order valence-corrected chi connectivity index (χ3v) is 3.58. The number of carbonyl (C=O) groups is 1. The summed E-state index contributed by atoms with van der Waals surface area (Å²) in [4.78, 5) is 12.1. The molecule has 0 aliphatic heterocycles. The SMILES string of the molecule is CC(Oc1ccc(C#N)cc1)C(=O)NCc1cc2ccccc2o1. The number of furan rings is 1. The van der Waals surface area contributed by atoms with Gasteiger partial charge in [-0.2, -0.15) is 5.26 Å². The summed E-state index contributed by atoms with van der Waals surface area (Å²) in [6.07, 6.45) is -0.651. The Morgan fingerprint density at radius 1 is 1.25 bits per heavy atom. The molecule has 0 saturated heterocycles. The monoisotopic (exact) mass is 320 g/mol. The first-order valence-electron chi connectivity index (χ1n) is 7.58. The van der Waals surface area contributed by atoms with Crippen molar-refractivity contribution in [3.8, 4) is 11.8 Å². The number of hydrogen-bond acceptors (Lipinski definition) is 4. The maximum Gasteiger partial charge on any atom is 0.261 e. The van der Waals surface area contributed by atoms with Crippen LogP contribution in [0.4, 0.5) is 0 Å². The predicted molar refractivity (Wildman–Crippen MR) is 89.3 cm³/mol. The van der Waals surface area contributed by atoms with E-state index in [4.69, 9.17) is 14.4 Å². The van der Waals surface area contributed by atoms with Crippen LogP contribution in [0.1, 0.15) is 18.2 Å². The van der Waals surface area contributed by atoms with Crippen LogP contribution in [-0.2, 0) is 11.3 Å². The van der Waals surface area contributed by atoms with Crippen molar-refractivity contribution in [2.45, 2.75) is 19.6 Å². The van der Waals surface area contributed by atoms with Crippen LogP contribution in [0.15, 0.2) is 59.0 Å². The van der Waals surface area contributed by atoms with E-state index < -0.39 is 6.10 Å². The van der Waals surface area contributed by atoms with Gasteiger partial charge in [-0.3, -0.25) is 4.79 Å². The van der Waals surface area contributed by atoms with E-state index in [1.54, 1.807) is 31.2 Å². The number of rotatable bonds is 5. The zero-order chi connectivity index (χ0) is 16.9. The van der Waals surface area contributed by atoms with Crippen LogP contribution in [0.25, 0.3) is 11.0 Å². The fraction of sp³-hybridized carbons (Fsp3) is 0.158. The lowest BCUT2D eigenvalue weighted by Gasteiger charge is -2.14. The smallest absolute Gasteiger partial charge is 0.261 e. The van der Waals surface area contributed by atoms with Crippen molar-refractivity contribution in [1.82, 2.24) is 5.32 Å². The third-order valence-electron chi connectivity index (χ3n) is 3.58. The molecule has 1 heterocycles. The first-order chi connectivity index (χ1) is 11.7. The first kappa shape index (κ1) is 15.6. The van der Waals surface area contributed by atoms with Gasteiger partial charge in [-0.15, -0.1) is 0 Å². The minimum atomic E-state index is -0.651. The Kier molecular flexibility index (Phi) is 4.48. The number of para-hydroxylation sites is 1. The molecule has 2 aromatic carbocycles. The summed E-state index contributed by atoms with van der Waals surface area (Å²) in [5.41, 5.74) is 1.34.